The van der Waals surface area contributed by atoms with Crippen molar-refractivity contribution in [2.24, 2.45) is 0 Å². The van der Waals surface area contributed by atoms with Crippen LogP contribution in [0.3, 0.4) is 0 Å². The normalized spacial score (nSPS) is 17.6. The number of aromatic hydroxyl groups is 2. The molecule has 0 saturated carbocycles. The minimum atomic E-state index is -0.306. The van der Waals surface area contributed by atoms with Gasteiger partial charge in [-0.15, -0.1) is 0 Å². The Morgan fingerprint density at radius 2 is 2.00 bits per heavy atom. The Morgan fingerprint density at radius 1 is 1.16 bits per heavy atom. The fraction of sp³-hybridized carbons (Fsp3) is 0.292. The largest absolute Gasteiger partial charge is 0.508 e. The number of anilines is 1. The molecule has 0 spiro atoms. The maximum Gasteiger partial charge on any atom is 0.262 e. The minimum absolute atomic E-state index is 0.0382. The van der Waals surface area contributed by atoms with Crippen molar-refractivity contribution in [3.8, 4) is 22.8 Å². The van der Waals surface area contributed by atoms with E-state index >= 15 is 0 Å². The number of aromatic nitrogens is 2. The number of hydrogen-bond acceptors (Lipinski definition) is 6. The van der Waals surface area contributed by atoms with E-state index in [1.54, 1.807) is 4.90 Å². The Hall–Kier alpha value is -3.16. The molecule has 0 saturated heterocycles. The first-order valence-electron chi connectivity index (χ1n) is 10.5. The molecular formula is C24H22ClN3O4. The predicted octanol–water partition coefficient (Wildman–Crippen LogP) is 4.26. The number of ether oxygens (including phenoxy) is 1. The molecule has 0 aliphatic carbocycles. The van der Waals surface area contributed by atoms with Crippen LogP contribution in [0.15, 0.2) is 36.4 Å². The Bertz CT molecular complexity index is 1230. The van der Waals surface area contributed by atoms with Crippen molar-refractivity contribution in [3.05, 3.63) is 64.1 Å². The molecule has 32 heavy (non-hydrogen) atoms. The van der Waals surface area contributed by atoms with E-state index in [-0.39, 0.29) is 34.3 Å². The molecule has 7 nitrogen and oxygen atoms in total. The lowest BCUT2D eigenvalue weighted by Gasteiger charge is -2.36. The number of benzene rings is 2. The van der Waals surface area contributed by atoms with E-state index in [9.17, 15) is 15.0 Å². The van der Waals surface area contributed by atoms with Crippen molar-refractivity contribution < 1.29 is 19.7 Å². The quantitative estimate of drug-likeness (QED) is 0.565. The molecule has 3 aromatic rings. The third-order valence-electron chi connectivity index (χ3n) is 6.11. The number of carbonyl (C=O) groups is 1. The van der Waals surface area contributed by atoms with E-state index in [1.807, 2.05) is 25.1 Å². The number of aryl methyl sites for hydroxylation is 1. The number of carbonyl (C=O) groups excluding carboxylic acids is 1. The topological polar surface area (TPSA) is 95.8 Å². The highest BCUT2D eigenvalue weighted by Crippen LogP contribution is 2.37. The second kappa shape index (κ2) is 8.07. The van der Waals surface area contributed by atoms with Gasteiger partial charge in [-0.3, -0.25) is 4.79 Å². The van der Waals surface area contributed by atoms with Crippen LogP contribution in [0.2, 0.25) is 5.28 Å². The molecule has 0 radical (unpaired) electrons. The first-order valence-corrected chi connectivity index (χ1v) is 10.9. The molecule has 2 aliphatic heterocycles. The highest BCUT2D eigenvalue weighted by Gasteiger charge is 2.31. The number of fused-ring (bicyclic) bond motifs is 2. The molecular weight excluding hydrogens is 430 g/mol. The summed E-state index contributed by atoms with van der Waals surface area (Å²) in [6.45, 7) is 3.05. The maximum absolute atomic E-state index is 13.3. The van der Waals surface area contributed by atoms with Gasteiger partial charge in [0.1, 0.15) is 11.5 Å². The van der Waals surface area contributed by atoms with E-state index in [0.717, 1.165) is 46.6 Å². The summed E-state index contributed by atoms with van der Waals surface area (Å²) in [5.41, 5.74) is 5.51. The van der Waals surface area contributed by atoms with Gasteiger partial charge in [0.05, 0.1) is 30.2 Å². The van der Waals surface area contributed by atoms with Gasteiger partial charge >= 0.3 is 0 Å². The monoisotopic (exact) mass is 451 g/mol. The number of phenols is 2. The second-order valence-electron chi connectivity index (χ2n) is 8.18. The Kier molecular flexibility index (Phi) is 5.23. The number of rotatable bonds is 2. The number of phenolic OH excluding ortho intramolecular Hbond substituents is 2. The molecule has 0 bridgehead atoms. The van der Waals surface area contributed by atoms with Crippen molar-refractivity contribution in [2.75, 3.05) is 11.5 Å². The van der Waals surface area contributed by atoms with Crippen LogP contribution in [0.4, 0.5) is 5.69 Å². The lowest BCUT2D eigenvalue weighted by Crippen LogP contribution is -2.42. The summed E-state index contributed by atoms with van der Waals surface area (Å²) in [5.74, 6) is -0.639. The SMILES string of the molecule is CC1CCc2cc(-c3nc(Cl)nc4c3COCC4)ccc2N1C(=O)c1ccc(O)cc1O. The summed E-state index contributed by atoms with van der Waals surface area (Å²) in [7, 11) is 0. The summed E-state index contributed by atoms with van der Waals surface area (Å²) in [4.78, 5) is 23.9. The Morgan fingerprint density at radius 3 is 2.81 bits per heavy atom. The van der Waals surface area contributed by atoms with Crippen molar-refractivity contribution in [2.45, 2.75) is 38.8 Å². The second-order valence-corrected chi connectivity index (χ2v) is 8.51. The Balaban J connectivity index is 1.56. The zero-order valence-electron chi connectivity index (χ0n) is 17.5. The molecule has 1 amide bonds. The summed E-state index contributed by atoms with van der Waals surface area (Å²) in [6, 6.07) is 9.88. The predicted molar refractivity (Wildman–Crippen MR) is 120 cm³/mol. The molecule has 5 rings (SSSR count). The van der Waals surface area contributed by atoms with E-state index in [1.165, 1.54) is 18.2 Å². The third-order valence-corrected chi connectivity index (χ3v) is 6.28. The molecule has 0 fully saturated rings. The van der Waals surface area contributed by atoms with Gasteiger partial charge in [0, 0.05) is 35.3 Å². The number of nitrogens with zero attached hydrogens (tertiary/aromatic N) is 3. The first-order chi connectivity index (χ1) is 15.4. The smallest absolute Gasteiger partial charge is 0.262 e. The molecule has 8 heteroatoms. The molecule has 1 atom stereocenters. The van der Waals surface area contributed by atoms with Crippen molar-refractivity contribution in [1.82, 2.24) is 9.97 Å². The zero-order valence-corrected chi connectivity index (χ0v) is 18.3. The lowest BCUT2D eigenvalue weighted by atomic mass is 9.92. The van der Waals surface area contributed by atoms with Crippen molar-refractivity contribution in [1.29, 1.82) is 0 Å². The van der Waals surface area contributed by atoms with Gasteiger partial charge in [-0.25, -0.2) is 9.97 Å². The highest BCUT2D eigenvalue weighted by atomic mass is 35.5. The summed E-state index contributed by atoms with van der Waals surface area (Å²) >= 11 is 6.20. The van der Waals surface area contributed by atoms with Crippen LogP contribution < -0.4 is 4.90 Å². The van der Waals surface area contributed by atoms with Gasteiger partial charge in [-0.2, -0.15) is 0 Å². The average molecular weight is 452 g/mol. The van der Waals surface area contributed by atoms with Gasteiger partial charge in [0.25, 0.3) is 5.91 Å². The van der Waals surface area contributed by atoms with Crippen LogP contribution in [-0.4, -0.2) is 38.7 Å². The highest BCUT2D eigenvalue weighted by molar-refractivity contribution is 6.28. The van der Waals surface area contributed by atoms with E-state index in [4.69, 9.17) is 16.3 Å². The molecule has 1 unspecified atom stereocenters. The number of hydrogen-bond donors (Lipinski definition) is 2. The number of amides is 1. The van der Waals surface area contributed by atoms with E-state index in [0.29, 0.717) is 19.6 Å². The van der Waals surface area contributed by atoms with Crippen molar-refractivity contribution >= 4 is 23.2 Å². The van der Waals surface area contributed by atoms with Crippen LogP contribution in [-0.2, 0) is 24.2 Å². The molecule has 2 N–H and O–H groups in total. The molecule has 2 aliphatic rings. The van der Waals surface area contributed by atoms with E-state index in [2.05, 4.69) is 9.97 Å². The molecule has 2 aromatic carbocycles. The lowest BCUT2D eigenvalue weighted by molar-refractivity contribution is 0.0972. The van der Waals surface area contributed by atoms with Gasteiger partial charge in [-0.1, -0.05) is 6.07 Å². The summed E-state index contributed by atoms with van der Waals surface area (Å²) in [5, 5.41) is 20.0. The van der Waals surface area contributed by atoms with Gasteiger partial charge in [-0.05, 0) is 61.2 Å². The molecule has 3 heterocycles. The molecule has 164 valence electrons. The van der Waals surface area contributed by atoms with Crippen LogP contribution in [0.1, 0.15) is 40.5 Å². The van der Waals surface area contributed by atoms with Gasteiger partial charge in [0.2, 0.25) is 5.28 Å². The van der Waals surface area contributed by atoms with Gasteiger partial charge in [0.15, 0.2) is 0 Å². The number of halogens is 1. The maximum atomic E-state index is 13.3. The summed E-state index contributed by atoms with van der Waals surface area (Å²) in [6.07, 6.45) is 2.30. The molecule has 1 aromatic heterocycles. The Labute approximate surface area is 190 Å². The minimum Gasteiger partial charge on any atom is -0.508 e. The third kappa shape index (κ3) is 3.57. The van der Waals surface area contributed by atoms with Crippen LogP contribution >= 0.6 is 11.6 Å². The first kappa shape index (κ1) is 20.7. The van der Waals surface area contributed by atoms with E-state index < -0.39 is 0 Å². The standard InChI is InChI=1S/C24H22ClN3O4/c1-13-2-3-14-10-15(22-18-12-32-9-8-19(18)26-24(25)27-22)4-7-20(14)28(13)23(31)17-6-5-16(29)11-21(17)30/h4-7,10-11,13,29-30H,2-3,8-9,12H2,1H3. The average Bonchev–Trinajstić information content (AvgIpc) is 2.77. The van der Waals surface area contributed by atoms with Gasteiger partial charge < -0.3 is 19.8 Å². The van der Waals surface area contributed by atoms with Crippen LogP contribution in [0.5, 0.6) is 11.5 Å². The van der Waals surface area contributed by atoms with Crippen molar-refractivity contribution in [3.63, 3.8) is 0 Å². The van der Waals surface area contributed by atoms with Crippen LogP contribution in [0.25, 0.3) is 11.3 Å². The fourth-order valence-corrected chi connectivity index (χ4v) is 4.67. The summed E-state index contributed by atoms with van der Waals surface area (Å²) < 4.78 is 5.62. The zero-order chi connectivity index (χ0) is 22.4. The fourth-order valence-electron chi connectivity index (χ4n) is 4.48. The van der Waals surface area contributed by atoms with Crippen LogP contribution in [0, 0.1) is 0 Å².